The quantitative estimate of drug-likeness (QED) is 0.163. The van der Waals surface area contributed by atoms with Gasteiger partial charge in [0.15, 0.2) is 0 Å². The first-order valence-electron chi connectivity index (χ1n) is 27.9. The molecular formula is C70H87BN2S. The predicted octanol–water partition coefficient (Wildman–Crippen LogP) is 18.8. The lowest BCUT2D eigenvalue weighted by Crippen LogP contribution is -2.60. The third kappa shape index (κ3) is 8.79. The molecule has 0 saturated carbocycles. The summed E-state index contributed by atoms with van der Waals surface area (Å²) in [6.45, 7) is 52.7. The number of hydrogen-bond donors (Lipinski definition) is 0. The second kappa shape index (κ2) is 16.7. The SMILES string of the molecule is CC(C)(C)c1ccc(N2c3cc(C(C)(C)C)cc4c3B(c3cc(C(C)(C)C)ccc3N4c3cc4c(cc3-c3cc(C(C)(C)C)cc(C(C)(C)C)c3)C(C)(C)CCC4(C)C)c3sc4ccc(C(C)(C)C)cc4c32)cc1. The predicted molar refractivity (Wildman–Crippen MR) is 329 cm³/mol. The molecule has 1 aliphatic carbocycles. The van der Waals surface area contributed by atoms with Crippen LogP contribution in [0.15, 0.2) is 103 Å². The standard InChI is InChI=1S/C70H87BN2S/c1-63(2,3)43-23-27-49(28-24-43)72-57-38-48(68(16,17)18)39-58-60(57)71(62-61(72)51-36-44(64(4,5)6)26-30-59(51)74-62)54-37-45(65(7,8)9)25-29-55(54)73(58)56-41-53-52(69(19,20)31-32-70(53,21)22)40-50(56)42-33-46(66(10,11)12)35-47(34-42)67(13,14)15/h23-30,33-41H,31-32H2,1-22H3. The third-order valence-electron chi connectivity index (χ3n) is 17.4. The normalized spacial score (nSPS) is 16.5. The van der Waals surface area contributed by atoms with E-state index in [1.807, 2.05) is 11.3 Å². The zero-order chi connectivity index (χ0) is 54.0. The Morgan fingerprint density at radius 1 is 0.419 bits per heavy atom. The highest BCUT2D eigenvalue weighted by atomic mass is 32.1. The molecule has 74 heavy (non-hydrogen) atoms. The number of anilines is 6. The summed E-state index contributed by atoms with van der Waals surface area (Å²) in [5.41, 5.74) is 24.0. The molecular weight excluding hydrogens is 912 g/mol. The van der Waals surface area contributed by atoms with E-state index in [2.05, 4.69) is 265 Å². The van der Waals surface area contributed by atoms with Crippen molar-refractivity contribution >= 4 is 78.0 Å². The first kappa shape index (κ1) is 52.4. The van der Waals surface area contributed by atoms with Crippen molar-refractivity contribution in [3.63, 3.8) is 0 Å². The minimum absolute atomic E-state index is 0.000206. The van der Waals surface area contributed by atoms with Gasteiger partial charge in [-0.15, -0.1) is 11.3 Å². The highest BCUT2D eigenvalue weighted by molar-refractivity contribution is 7.33. The zero-order valence-electron chi connectivity index (χ0n) is 49.6. The van der Waals surface area contributed by atoms with Crippen LogP contribution in [-0.4, -0.2) is 6.71 Å². The summed E-state index contributed by atoms with van der Waals surface area (Å²) in [5, 5.41) is 1.34. The van der Waals surface area contributed by atoms with Gasteiger partial charge in [-0.3, -0.25) is 0 Å². The van der Waals surface area contributed by atoms with Crippen LogP contribution in [0.5, 0.6) is 0 Å². The zero-order valence-corrected chi connectivity index (χ0v) is 50.4. The number of thiophene rings is 1. The number of rotatable bonds is 3. The van der Waals surface area contributed by atoms with Crippen LogP contribution in [0.25, 0.3) is 21.2 Å². The van der Waals surface area contributed by atoms with Gasteiger partial charge < -0.3 is 9.80 Å². The van der Waals surface area contributed by atoms with E-state index in [1.165, 1.54) is 116 Å². The van der Waals surface area contributed by atoms with Crippen molar-refractivity contribution in [3.05, 3.63) is 148 Å². The van der Waals surface area contributed by atoms with Crippen molar-refractivity contribution in [2.24, 2.45) is 0 Å². The lowest BCUT2D eigenvalue weighted by Gasteiger charge is -2.46. The Balaban J connectivity index is 1.40. The summed E-state index contributed by atoms with van der Waals surface area (Å²) in [6.07, 6.45) is 2.31. The molecule has 0 fully saturated rings. The van der Waals surface area contributed by atoms with Crippen LogP contribution in [0.4, 0.5) is 34.1 Å². The van der Waals surface area contributed by atoms with Crippen molar-refractivity contribution in [1.29, 1.82) is 0 Å². The summed E-state index contributed by atoms with van der Waals surface area (Å²) < 4.78 is 2.77. The Morgan fingerprint density at radius 3 is 1.41 bits per heavy atom. The maximum atomic E-state index is 2.76. The van der Waals surface area contributed by atoms with Crippen molar-refractivity contribution in [2.75, 3.05) is 9.80 Å². The second-order valence-corrected chi connectivity index (χ2v) is 31.4. The van der Waals surface area contributed by atoms with Gasteiger partial charge in [0.05, 0.1) is 11.4 Å². The fourth-order valence-corrected chi connectivity index (χ4v) is 13.5. The van der Waals surface area contributed by atoms with Gasteiger partial charge in [-0.25, -0.2) is 0 Å². The maximum absolute atomic E-state index is 2.76. The molecule has 0 N–H and O–H groups in total. The molecule has 7 aromatic rings. The first-order valence-corrected chi connectivity index (χ1v) is 28.7. The van der Waals surface area contributed by atoms with Gasteiger partial charge in [-0.05, 0) is 172 Å². The Kier molecular flexibility index (Phi) is 11.8. The van der Waals surface area contributed by atoms with E-state index >= 15 is 0 Å². The van der Waals surface area contributed by atoms with Crippen LogP contribution in [-0.2, 0) is 43.3 Å². The molecule has 2 nitrogen and oxygen atoms in total. The molecule has 386 valence electrons. The second-order valence-electron chi connectivity index (χ2n) is 30.4. The van der Waals surface area contributed by atoms with Gasteiger partial charge in [-0.2, -0.15) is 0 Å². The molecule has 0 unspecified atom stereocenters. The number of fused-ring (bicyclic) bond motifs is 7. The first-order chi connectivity index (χ1) is 33.9. The third-order valence-corrected chi connectivity index (χ3v) is 18.7. The molecule has 3 aliphatic rings. The highest BCUT2D eigenvalue weighted by Crippen LogP contribution is 2.55. The van der Waals surface area contributed by atoms with Crippen molar-refractivity contribution < 1.29 is 0 Å². The number of nitrogens with zero attached hydrogens (tertiary/aromatic N) is 2. The average molecular weight is 999 g/mol. The van der Waals surface area contributed by atoms with Crippen molar-refractivity contribution in [1.82, 2.24) is 0 Å². The van der Waals surface area contributed by atoms with Crippen LogP contribution >= 0.6 is 11.3 Å². The lowest BCUT2D eigenvalue weighted by atomic mass is 9.36. The van der Waals surface area contributed by atoms with Gasteiger partial charge in [0.1, 0.15) is 0 Å². The monoisotopic (exact) mass is 999 g/mol. The van der Waals surface area contributed by atoms with Crippen LogP contribution in [0.2, 0.25) is 0 Å². The fourth-order valence-electron chi connectivity index (χ4n) is 12.2. The van der Waals surface area contributed by atoms with E-state index in [4.69, 9.17) is 0 Å². The van der Waals surface area contributed by atoms with Gasteiger partial charge in [0.25, 0.3) is 6.71 Å². The molecule has 0 radical (unpaired) electrons. The van der Waals surface area contributed by atoms with E-state index in [0.717, 1.165) is 12.8 Å². The van der Waals surface area contributed by atoms with Crippen LogP contribution in [0.1, 0.15) is 210 Å². The molecule has 0 atom stereocenters. The summed E-state index contributed by atoms with van der Waals surface area (Å²) in [6, 6.07) is 42.6. The van der Waals surface area contributed by atoms with Gasteiger partial charge in [-0.1, -0.05) is 201 Å². The van der Waals surface area contributed by atoms with Gasteiger partial charge >= 0.3 is 0 Å². The molecule has 10 rings (SSSR count). The van der Waals surface area contributed by atoms with E-state index in [9.17, 15) is 0 Å². The smallest absolute Gasteiger partial charge is 0.264 e. The van der Waals surface area contributed by atoms with Crippen LogP contribution in [0.3, 0.4) is 0 Å². The van der Waals surface area contributed by atoms with Crippen molar-refractivity contribution in [2.45, 2.75) is 208 Å². The molecule has 0 amide bonds. The maximum Gasteiger partial charge on any atom is 0.264 e. The van der Waals surface area contributed by atoms with Crippen LogP contribution < -0.4 is 25.5 Å². The summed E-state index contributed by atoms with van der Waals surface area (Å²) in [5.74, 6) is 0. The average Bonchev–Trinajstić information content (AvgIpc) is 3.66. The molecule has 0 bridgehead atoms. The van der Waals surface area contributed by atoms with Gasteiger partial charge in [0.2, 0.25) is 0 Å². The molecule has 0 spiro atoms. The molecule has 0 saturated heterocycles. The largest absolute Gasteiger partial charge is 0.311 e. The van der Waals surface area contributed by atoms with E-state index in [1.54, 1.807) is 0 Å². The molecule has 6 aromatic carbocycles. The molecule has 3 heterocycles. The molecule has 4 heteroatoms. The topological polar surface area (TPSA) is 6.48 Å². The Hall–Kier alpha value is -5.06. The van der Waals surface area contributed by atoms with Crippen LogP contribution in [0, 0.1) is 0 Å². The minimum Gasteiger partial charge on any atom is -0.311 e. The van der Waals surface area contributed by atoms with E-state index in [0.29, 0.717) is 0 Å². The number of hydrogen-bond acceptors (Lipinski definition) is 3. The molecule has 1 aromatic heterocycles. The Morgan fingerprint density at radius 2 is 0.878 bits per heavy atom. The molecule has 2 aliphatic heterocycles. The Bertz CT molecular complexity index is 3360. The van der Waals surface area contributed by atoms with E-state index < -0.39 is 0 Å². The minimum atomic E-state index is -0.144. The highest BCUT2D eigenvalue weighted by Gasteiger charge is 2.48. The Labute approximate surface area is 452 Å². The summed E-state index contributed by atoms with van der Waals surface area (Å²) >= 11 is 2.01. The fraction of sp³-hybridized carbons (Fsp3) is 0.457. The number of benzene rings is 6. The van der Waals surface area contributed by atoms with Gasteiger partial charge in [0, 0.05) is 43.2 Å². The lowest BCUT2D eigenvalue weighted by molar-refractivity contribution is 0.332. The van der Waals surface area contributed by atoms with Crippen molar-refractivity contribution in [3.8, 4) is 11.1 Å². The summed E-state index contributed by atoms with van der Waals surface area (Å²) in [4.78, 5) is 5.45. The summed E-state index contributed by atoms with van der Waals surface area (Å²) in [7, 11) is 0. The van der Waals surface area contributed by atoms with E-state index in [-0.39, 0.29) is 50.0 Å².